The lowest BCUT2D eigenvalue weighted by atomic mass is 10.1. The molecule has 0 bridgehead atoms. The number of rotatable bonds is 5. The van der Waals surface area contributed by atoms with Crippen LogP contribution in [0.1, 0.15) is 33.1 Å². The van der Waals surface area contributed by atoms with Crippen molar-refractivity contribution in [3.8, 4) is 0 Å². The van der Waals surface area contributed by atoms with E-state index in [1.165, 1.54) is 11.4 Å². The molecule has 2 N–H and O–H groups in total. The Balaban J connectivity index is 2.67. The fourth-order valence-corrected chi connectivity index (χ4v) is 3.74. The molecule has 102 valence electrons. The maximum absolute atomic E-state index is 12.2. The molecule has 1 heterocycles. The van der Waals surface area contributed by atoms with E-state index in [4.69, 9.17) is 0 Å². The summed E-state index contributed by atoms with van der Waals surface area (Å²) in [6.45, 7) is 4.16. The lowest BCUT2D eigenvalue weighted by Crippen LogP contribution is -2.51. The predicted octanol–water partition coefficient (Wildman–Crippen LogP) is 0.161. The van der Waals surface area contributed by atoms with E-state index in [2.05, 4.69) is 5.32 Å². The van der Waals surface area contributed by atoms with Gasteiger partial charge in [0.15, 0.2) is 0 Å². The number of hydrogen-bond acceptors (Lipinski definition) is 4. The Kier molecular flexibility index (Phi) is 4.95. The van der Waals surface area contributed by atoms with E-state index in [1.54, 1.807) is 13.8 Å². The fourth-order valence-electron chi connectivity index (χ4n) is 1.91. The zero-order valence-corrected chi connectivity index (χ0v) is 11.8. The third-order valence-electron chi connectivity index (χ3n) is 3.48. The third-order valence-corrected chi connectivity index (χ3v) is 5.63. The highest BCUT2D eigenvalue weighted by Gasteiger charge is 2.34. The molecule has 17 heavy (non-hydrogen) atoms. The van der Waals surface area contributed by atoms with Gasteiger partial charge in [-0.3, -0.25) is 0 Å². The highest BCUT2D eigenvalue weighted by Crippen LogP contribution is 2.18. The molecule has 1 rings (SSSR count). The number of nitrogens with zero attached hydrogens (tertiary/aromatic N) is 1. The van der Waals surface area contributed by atoms with Gasteiger partial charge in [0, 0.05) is 13.1 Å². The number of hydrogen-bond donors (Lipinski definition) is 2. The first-order chi connectivity index (χ1) is 7.79. The van der Waals surface area contributed by atoms with Gasteiger partial charge in [0.2, 0.25) is 10.0 Å². The van der Waals surface area contributed by atoms with E-state index in [0.29, 0.717) is 0 Å². The zero-order chi connectivity index (χ0) is 13.1. The molecule has 6 heteroatoms. The first-order valence-electron chi connectivity index (χ1n) is 6.10. The first-order valence-corrected chi connectivity index (χ1v) is 7.71. The summed E-state index contributed by atoms with van der Waals surface area (Å²) in [6.07, 6.45) is 3.11. The van der Waals surface area contributed by atoms with Gasteiger partial charge < -0.3 is 10.4 Å². The largest absolute Gasteiger partial charge is 0.394 e. The Morgan fingerprint density at radius 1 is 1.41 bits per heavy atom. The zero-order valence-electron chi connectivity index (χ0n) is 10.9. The second-order valence-electron chi connectivity index (χ2n) is 5.36. The molecular weight excluding hydrogens is 240 g/mol. The Bertz CT molecular complexity index is 335. The minimum Gasteiger partial charge on any atom is -0.394 e. The van der Waals surface area contributed by atoms with Gasteiger partial charge in [-0.15, -0.1) is 0 Å². The van der Waals surface area contributed by atoms with Gasteiger partial charge in [-0.1, -0.05) is 6.42 Å². The van der Waals surface area contributed by atoms with Gasteiger partial charge in [-0.25, -0.2) is 8.42 Å². The third kappa shape index (κ3) is 3.91. The van der Waals surface area contributed by atoms with Crippen LogP contribution in [0.15, 0.2) is 0 Å². The minimum atomic E-state index is -3.32. The van der Waals surface area contributed by atoms with E-state index in [1.807, 2.05) is 0 Å². The molecule has 1 aliphatic rings. The molecule has 0 saturated carbocycles. The molecule has 0 radical (unpaired) electrons. The fraction of sp³-hybridized carbons (Fsp3) is 1.00. The van der Waals surface area contributed by atoms with Gasteiger partial charge in [-0.05, 0) is 33.2 Å². The van der Waals surface area contributed by atoms with E-state index in [-0.39, 0.29) is 18.4 Å². The SMILES string of the molecule is CN(C(C)(C)CO)S(=O)(=O)CC1CCCCN1. The van der Waals surface area contributed by atoms with E-state index < -0.39 is 15.6 Å². The molecule has 5 nitrogen and oxygen atoms in total. The van der Waals surface area contributed by atoms with E-state index in [0.717, 1.165) is 25.8 Å². The molecule has 0 spiro atoms. The summed E-state index contributed by atoms with van der Waals surface area (Å²) in [6, 6.07) is 0.0469. The summed E-state index contributed by atoms with van der Waals surface area (Å²) < 4.78 is 25.6. The number of aliphatic hydroxyl groups is 1. The van der Waals surface area contributed by atoms with Crippen LogP contribution in [0.5, 0.6) is 0 Å². The summed E-state index contributed by atoms with van der Waals surface area (Å²) in [5, 5.41) is 12.4. The Labute approximate surface area is 104 Å². The number of aliphatic hydroxyl groups excluding tert-OH is 1. The van der Waals surface area contributed by atoms with Crippen LogP contribution in [0.2, 0.25) is 0 Å². The Morgan fingerprint density at radius 3 is 2.53 bits per heavy atom. The summed E-state index contributed by atoms with van der Waals surface area (Å²) in [5.41, 5.74) is -0.743. The average Bonchev–Trinajstić information content (AvgIpc) is 2.28. The van der Waals surface area contributed by atoms with Crippen molar-refractivity contribution in [2.45, 2.75) is 44.7 Å². The van der Waals surface area contributed by atoms with Crippen molar-refractivity contribution in [1.82, 2.24) is 9.62 Å². The standard InChI is InChI=1S/C11H24N2O3S/c1-11(2,9-14)13(3)17(15,16)8-10-6-4-5-7-12-10/h10,12,14H,4-9H2,1-3H3. The summed E-state index contributed by atoms with van der Waals surface area (Å²) in [5.74, 6) is 0.118. The molecule has 1 fully saturated rings. The van der Waals surface area contributed by atoms with Crippen LogP contribution < -0.4 is 5.32 Å². The van der Waals surface area contributed by atoms with Crippen molar-refractivity contribution < 1.29 is 13.5 Å². The second kappa shape index (κ2) is 5.65. The van der Waals surface area contributed by atoms with Gasteiger partial charge >= 0.3 is 0 Å². The topological polar surface area (TPSA) is 69.6 Å². The minimum absolute atomic E-state index is 0.0469. The molecule has 0 aromatic carbocycles. The van der Waals surface area contributed by atoms with Crippen LogP contribution in [0.4, 0.5) is 0 Å². The average molecular weight is 264 g/mol. The maximum atomic E-state index is 12.2. The first kappa shape index (κ1) is 14.9. The molecule has 1 atom stereocenters. The molecule has 0 aromatic rings. The van der Waals surface area contributed by atoms with Crippen LogP contribution in [0, 0.1) is 0 Å². The summed E-state index contributed by atoms with van der Waals surface area (Å²) in [7, 11) is -1.78. The highest BCUT2D eigenvalue weighted by atomic mass is 32.2. The predicted molar refractivity (Wildman–Crippen MR) is 68.4 cm³/mol. The smallest absolute Gasteiger partial charge is 0.215 e. The maximum Gasteiger partial charge on any atom is 0.215 e. The van der Waals surface area contributed by atoms with Crippen molar-refractivity contribution in [3.63, 3.8) is 0 Å². The van der Waals surface area contributed by atoms with Crippen LogP contribution in [0.3, 0.4) is 0 Å². The molecule has 0 amide bonds. The van der Waals surface area contributed by atoms with Gasteiger partial charge in [0.05, 0.1) is 17.9 Å². The summed E-state index contributed by atoms with van der Waals surface area (Å²) in [4.78, 5) is 0. The number of nitrogens with one attached hydrogen (secondary N) is 1. The van der Waals surface area contributed by atoms with Crippen molar-refractivity contribution in [2.75, 3.05) is 26.0 Å². The van der Waals surface area contributed by atoms with Gasteiger partial charge in [0.25, 0.3) is 0 Å². The van der Waals surface area contributed by atoms with E-state index >= 15 is 0 Å². The van der Waals surface area contributed by atoms with Crippen molar-refractivity contribution in [1.29, 1.82) is 0 Å². The normalized spacial score (nSPS) is 23.0. The van der Waals surface area contributed by atoms with Crippen molar-refractivity contribution >= 4 is 10.0 Å². The van der Waals surface area contributed by atoms with Crippen molar-refractivity contribution in [2.24, 2.45) is 0 Å². The van der Waals surface area contributed by atoms with E-state index in [9.17, 15) is 13.5 Å². The van der Waals surface area contributed by atoms with Gasteiger partial charge in [0.1, 0.15) is 0 Å². The second-order valence-corrected chi connectivity index (χ2v) is 7.41. The lowest BCUT2D eigenvalue weighted by molar-refractivity contribution is 0.137. The molecule has 1 saturated heterocycles. The Hall–Kier alpha value is -0.170. The monoisotopic (exact) mass is 264 g/mol. The number of sulfonamides is 1. The van der Waals surface area contributed by atoms with Crippen molar-refractivity contribution in [3.05, 3.63) is 0 Å². The molecule has 1 aliphatic heterocycles. The number of likely N-dealkylation sites (N-methyl/N-ethyl adjacent to an activating group) is 1. The highest BCUT2D eigenvalue weighted by molar-refractivity contribution is 7.89. The summed E-state index contributed by atoms with van der Waals surface area (Å²) >= 11 is 0. The van der Waals surface area contributed by atoms with Gasteiger partial charge in [-0.2, -0.15) is 4.31 Å². The molecule has 0 aliphatic carbocycles. The van der Waals surface area contributed by atoms with Crippen LogP contribution in [0.25, 0.3) is 0 Å². The van der Waals surface area contributed by atoms with Crippen LogP contribution >= 0.6 is 0 Å². The van der Waals surface area contributed by atoms with Crippen LogP contribution in [-0.2, 0) is 10.0 Å². The molecule has 1 unspecified atom stereocenters. The molecular formula is C11H24N2O3S. The lowest BCUT2D eigenvalue weighted by Gasteiger charge is -2.34. The van der Waals surface area contributed by atoms with Crippen LogP contribution in [-0.4, -0.2) is 55.4 Å². The Morgan fingerprint density at radius 2 is 2.06 bits per heavy atom. The molecule has 0 aromatic heterocycles. The quantitative estimate of drug-likeness (QED) is 0.742. The number of piperidine rings is 1.